The van der Waals surface area contributed by atoms with E-state index >= 15 is 0 Å². The Bertz CT molecular complexity index is 745. The van der Waals surface area contributed by atoms with Gasteiger partial charge >= 0.3 is 5.97 Å². The van der Waals surface area contributed by atoms with Gasteiger partial charge in [-0.3, -0.25) is 9.59 Å². The zero-order valence-electron chi connectivity index (χ0n) is 13.2. The molecule has 0 bridgehead atoms. The number of rotatable bonds is 6. The molecule has 0 aromatic heterocycles. The third-order valence-corrected chi connectivity index (χ3v) is 3.55. The van der Waals surface area contributed by atoms with E-state index in [2.05, 4.69) is 26.5 Å². The summed E-state index contributed by atoms with van der Waals surface area (Å²) < 4.78 is 6.13. The van der Waals surface area contributed by atoms with Gasteiger partial charge in [-0.1, -0.05) is 41.1 Å². The number of halogens is 1. The minimum absolute atomic E-state index is 0.303. The molecule has 0 heterocycles. The second kappa shape index (κ2) is 8.98. The van der Waals surface area contributed by atoms with Gasteiger partial charge in [-0.15, -0.1) is 0 Å². The number of hydrazone groups is 1. The fourth-order valence-corrected chi connectivity index (χ4v) is 2.28. The Labute approximate surface area is 148 Å². The molecule has 0 saturated heterocycles. The van der Waals surface area contributed by atoms with Crippen LogP contribution in [0.4, 0.5) is 0 Å². The number of nitrogens with one attached hydrogen (secondary N) is 1. The van der Waals surface area contributed by atoms with Gasteiger partial charge in [0, 0.05) is 22.0 Å². The van der Waals surface area contributed by atoms with Crippen LogP contribution in [0.5, 0.6) is 5.75 Å². The van der Waals surface area contributed by atoms with Gasteiger partial charge in [0.1, 0.15) is 5.75 Å². The second-order valence-corrected chi connectivity index (χ2v) is 5.89. The standard InChI is InChI=1S/C18H17BrN2O3/c1-2-6-17(22)24-16-10-9-15(19)11-14(16)12-20-21-18(23)13-7-4-3-5-8-13/h3-5,7-12H,2,6H2,1H3,(H,21,23). The summed E-state index contributed by atoms with van der Waals surface area (Å²) in [6.07, 6.45) is 2.50. The summed E-state index contributed by atoms with van der Waals surface area (Å²) in [6, 6.07) is 14.0. The molecule has 0 unspecified atom stereocenters. The van der Waals surface area contributed by atoms with E-state index in [0.717, 1.165) is 4.47 Å². The third kappa shape index (κ3) is 5.31. The summed E-state index contributed by atoms with van der Waals surface area (Å²) in [5, 5.41) is 3.94. The van der Waals surface area contributed by atoms with E-state index in [1.807, 2.05) is 13.0 Å². The predicted octanol–water partition coefficient (Wildman–Crippen LogP) is 3.92. The summed E-state index contributed by atoms with van der Waals surface area (Å²) in [5.74, 6) is -0.219. The Balaban J connectivity index is 2.09. The Hall–Kier alpha value is -2.47. The van der Waals surface area contributed by atoms with Gasteiger partial charge in [0.05, 0.1) is 6.21 Å². The maximum Gasteiger partial charge on any atom is 0.311 e. The van der Waals surface area contributed by atoms with Crippen LogP contribution in [-0.2, 0) is 4.79 Å². The van der Waals surface area contributed by atoms with Crippen LogP contribution >= 0.6 is 15.9 Å². The average Bonchev–Trinajstić information content (AvgIpc) is 2.58. The highest BCUT2D eigenvalue weighted by Gasteiger charge is 2.08. The van der Waals surface area contributed by atoms with Crippen LogP contribution in [0.15, 0.2) is 58.1 Å². The van der Waals surface area contributed by atoms with Crippen LogP contribution < -0.4 is 10.2 Å². The highest BCUT2D eigenvalue weighted by molar-refractivity contribution is 9.10. The van der Waals surface area contributed by atoms with Crippen LogP contribution in [0.25, 0.3) is 0 Å². The number of esters is 1. The van der Waals surface area contributed by atoms with Gasteiger partial charge in [-0.25, -0.2) is 5.43 Å². The number of ether oxygens (including phenoxy) is 1. The van der Waals surface area contributed by atoms with Gasteiger partial charge in [-0.05, 0) is 36.8 Å². The van der Waals surface area contributed by atoms with Crippen LogP contribution in [0.3, 0.4) is 0 Å². The Morgan fingerprint density at radius 2 is 1.96 bits per heavy atom. The molecular formula is C18H17BrN2O3. The Morgan fingerprint density at radius 3 is 2.67 bits per heavy atom. The van der Waals surface area contributed by atoms with E-state index in [1.165, 1.54) is 6.21 Å². The smallest absolute Gasteiger partial charge is 0.311 e. The summed E-state index contributed by atoms with van der Waals surface area (Å²) in [5.41, 5.74) is 3.55. The van der Waals surface area contributed by atoms with Gasteiger partial charge < -0.3 is 4.74 Å². The molecule has 2 rings (SSSR count). The predicted molar refractivity (Wildman–Crippen MR) is 96.2 cm³/mol. The minimum Gasteiger partial charge on any atom is -0.426 e. The van der Waals surface area contributed by atoms with Crippen molar-refractivity contribution >= 4 is 34.0 Å². The summed E-state index contributed by atoms with van der Waals surface area (Å²) in [6.45, 7) is 1.91. The number of amides is 1. The van der Waals surface area contributed by atoms with Crippen molar-refractivity contribution in [3.63, 3.8) is 0 Å². The highest BCUT2D eigenvalue weighted by atomic mass is 79.9. The molecule has 0 atom stereocenters. The zero-order valence-corrected chi connectivity index (χ0v) is 14.7. The molecule has 0 aliphatic heterocycles. The van der Waals surface area contributed by atoms with E-state index in [-0.39, 0.29) is 11.9 Å². The molecule has 0 aliphatic carbocycles. The lowest BCUT2D eigenvalue weighted by molar-refractivity contribution is -0.134. The molecule has 124 valence electrons. The Kier molecular flexibility index (Phi) is 6.69. The van der Waals surface area contributed by atoms with E-state index in [0.29, 0.717) is 29.7 Å². The average molecular weight is 389 g/mol. The first-order valence-corrected chi connectivity index (χ1v) is 8.28. The number of nitrogens with zero attached hydrogens (tertiary/aromatic N) is 1. The van der Waals surface area contributed by atoms with Gasteiger partial charge in [0.15, 0.2) is 0 Å². The van der Waals surface area contributed by atoms with Crippen molar-refractivity contribution in [3.05, 3.63) is 64.1 Å². The number of carbonyl (C=O) groups is 2. The number of carbonyl (C=O) groups excluding carboxylic acids is 2. The second-order valence-electron chi connectivity index (χ2n) is 4.97. The summed E-state index contributed by atoms with van der Waals surface area (Å²) in [4.78, 5) is 23.6. The van der Waals surface area contributed by atoms with Crippen molar-refractivity contribution in [2.45, 2.75) is 19.8 Å². The first-order valence-electron chi connectivity index (χ1n) is 7.49. The third-order valence-electron chi connectivity index (χ3n) is 3.06. The van der Waals surface area contributed by atoms with E-state index in [4.69, 9.17) is 4.74 Å². The van der Waals surface area contributed by atoms with Crippen molar-refractivity contribution in [1.82, 2.24) is 5.43 Å². The van der Waals surface area contributed by atoms with Crippen molar-refractivity contribution < 1.29 is 14.3 Å². The molecule has 0 spiro atoms. The molecule has 0 fully saturated rings. The molecule has 24 heavy (non-hydrogen) atoms. The first kappa shape index (κ1) is 17.9. The van der Waals surface area contributed by atoms with Gasteiger partial charge in [0.25, 0.3) is 5.91 Å². The normalized spacial score (nSPS) is 10.6. The first-order chi connectivity index (χ1) is 11.6. The lowest BCUT2D eigenvalue weighted by atomic mass is 10.2. The maximum atomic E-state index is 11.9. The Morgan fingerprint density at radius 1 is 1.21 bits per heavy atom. The molecule has 2 aromatic carbocycles. The largest absolute Gasteiger partial charge is 0.426 e. The minimum atomic E-state index is -0.314. The molecule has 1 amide bonds. The molecule has 2 aromatic rings. The monoisotopic (exact) mass is 388 g/mol. The van der Waals surface area contributed by atoms with Crippen LogP contribution in [0.1, 0.15) is 35.7 Å². The van der Waals surface area contributed by atoms with Crippen LogP contribution in [0, 0.1) is 0 Å². The van der Waals surface area contributed by atoms with Crippen LogP contribution in [-0.4, -0.2) is 18.1 Å². The maximum absolute atomic E-state index is 11.9. The quantitative estimate of drug-likeness (QED) is 0.353. The van der Waals surface area contributed by atoms with Crippen molar-refractivity contribution in [1.29, 1.82) is 0 Å². The molecule has 0 radical (unpaired) electrons. The fraction of sp³-hybridized carbons (Fsp3) is 0.167. The van der Waals surface area contributed by atoms with E-state index in [9.17, 15) is 9.59 Å². The van der Waals surface area contributed by atoms with Crippen molar-refractivity contribution in [2.75, 3.05) is 0 Å². The molecule has 0 aliphatic rings. The van der Waals surface area contributed by atoms with E-state index in [1.54, 1.807) is 42.5 Å². The lowest BCUT2D eigenvalue weighted by Gasteiger charge is -2.07. The topological polar surface area (TPSA) is 67.8 Å². The van der Waals surface area contributed by atoms with Gasteiger partial charge in [-0.2, -0.15) is 5.10 Å². The molecule has 0 saturated carbocycles. The molecule has 6 heteroatoms. The number of hydrogen-bond donors (Lipinski definition) is 1. The lowest BCUT2D eigenvalue weighted by Crippen LogP contribution is -2.17. The van der Waals surface area contributed by atoms with Crippen molar-refractivity contribution in [2.24, 2.45) is 5.10 Å². The van der Waals surface area contributed by atoms with Crippen molar-refractivity contribution in [3.8, 4) is 5.75 Å². The summed E-state index contributed by atoms with van der Waals surface area (Å²) in [7, 11) is 0. The van der Waals surface area contributed by atoms with Crippen LogP contribution in [0.2, 0.25) is 0 Å². The molecule has 5 nitrogen and oxygen atoms in total. The zero-order chi connectivity index (χ0) is 17.4. The summed E-state index contributed by atoms with van der Waals surface area (Å²) >= 11 is 3.36. The van der Waals surface area contributed by atoms with E-state index < -0.39 is 0 Å². The van der Waals surface area contributed by atoms with Gasteiger partial charge in [0.2, 0.25) is 0 Å². The highest BCUT2D eigenvalue weighted by Crippen LogP contribution is 2.22. The SMILES string of the molecule is CCCC(=O)Oc1ccc(Br)cc1C=NNC(=O)c1ccccc1. The number of hydrogen-bond acceptors (Lipinski definition) is 4. The molecular weight excluding hydrogens is 372 g/mol. The molecule has 1 N–H and O–H groups in total. The fourth-order valence-electron chi connectivity index (χ4n) is 1.91. The number of benzene rings is 2.